The standard InChI is InChI=1S/C18H21BrN2O3S/c1-2-3-4-5-11-23-14-8-6-7-13(12-14)20-18(25)21-17(22)15-9-10-16(19)24-15/h6-10,12H,2-5,11H2,1H3,(H2,20,21,22,25). The van der Waals surface area contributed by atoms with Crippen LogP contribution in [0.3, 0.4) is 0 Å². The van der Waals surface area contributed by atoms with Crippen molar-refractivity contribution in [1.29, 1.82) is 0 Å². The van der Waals surface area contributed by atoms with E-state index in [9.17, 15) is 4.79 Å². The predicted octanol–water partition coefficient (Wildman–Crippen LogP) is 5.13. The van der Waals surface area contributed by atoms with Crippen molar-refractivity contribution in [3.05, 3.63) is 46.8 Å². The maximum Gasteiger partial charge on any atom is 0.293 e. The van der Waals surface area contributed by atoms with Crippen LogP contribution in [-0.2, 0) is 0 Å². The Bertz CT molecular complexity index is 718. The summed E-state index contributed by atoms with van der Waals surface area (Å²) in [7, 11) is 0. The van der Waals surface area contributed by atoms with E-state index in [0.29, 0.717) is 11.3 Å². The van der Waals surface area contributed by atoms with Gasteiger partial charge in [0.05, 0.1) is 6.61 Å². The van der Waals surface area contributed by atoms with Gasteiger partial charge in [-0.2, -0.15) is 0 Å². The number of furan rings is 1. The molecule has 1 heterocycles. The second-order valence-electron chi connectivity index (χ2n) is 5.45. The van der Waals surface area contributed by atoms with Crippen LogP contribution in [0.1, 0.15) is 43.2 Å². The first kappa shape index (κ1) is 19.5. The molecule has 1 aromatic carbocycles. The molecule has 0 fully saturated rings. The van der Waals surface area contributed by atoms with E-state index in [-0.39, 0.29) is 10.9 Å². The second-order valence-corrected chi connectivity index (χ2v) is 6.64. The van der Waals surface area contributed by atoms with E-state index >= 15 is 0 Å². The fourth-order valence-corrected chi connectivity index (χ4v) is 2.66. The molecular weight excluding hydrogens is 404 g/mol. The van der Waals surface area contributed by atoms with Crippen LogP contribution in [0.2, 0.25) is 0 Å². The Kier molecular flexibility index (Phi) is 7.94. The molecule has 0 bridgehead atoms. The van der Waals surface area contributed by atoms with E-state index < -0.39 is 5.91 Å². The zero-order valence-corrected chi connectivity index (χ0v) is 16.4. The molecule has 2 rings (SSSR count). The van der Waals surface area contributed by atoms with Crippen molar-refractivity contribution in [2.24, 2.45) is 0 Å². The van der Waals surface area contributed by atoms with E-state index in [4.69, 9.17) is 21.4 Å². The number of hydrogen-bond acceptors (Lipinski definition) is 4. The smallest absolute Gasteiger partial charge is 0.293 e. The molecule has 0 atom stereocenters. The summed E-state index contributed by atoms with van der Waals surface area (Å²) >= 11 is 8.31. The minimum Gasteiger partial charge on any atom is -0.494 e. The Morgan fingerprint density at radius 1 is 1.24 bits per heavy atom. The Balaban J connectivity index is 1.82. The van der Waals surface area contributed by atoms with Crippen molar-refractivity contribution >= 4 is 44.9 Å². The molecule has 2 aromatic rings. The first-order chi connectivity index (χ1) is 12.1. The summed E-state index contributed by atoms with van der Waals surface area (Å²) in [5, 5.41) is 5.73. The predicted molar refractivity (Wildman–Crippen MR) is 106 cm³/mol. The first-order valence-electron chi connectivity index (χ1n) is 8.19. The topological polar surface area (TPSA) is 63.5 Å². The molecule has 1 amide bonds. The summed E-state index contributed by atoms with van der Waals surface area (Å²) in [5.41, 5.74) is 0.747. The molecule has 0 spiro atoms. The molecule has 0 aliphatic rings. The number of rotatable bonds is 8. The highest BCUT2D eigenvalue weighted by Crippen LogP contribution is 2.18. The van der Waals surface area contributed by atoms with Gasteiger partial charge in [0.25, 0.3) is 5.91 Å². The first-order valence-corrected chi connectivity index (χ1v) is 9.39. The number of unbranched alkanes of at least 4 members (excludes halogenated alkanes) is 3. The number of ether oxygens (including phenoxy) is 1. The molecule has 0 unspecified atom stereocenters. The van der Waals surface area contributed by atoms with Crippen molar-refractivity contribution in [1.82, 2.24) is 5.32 Å². The molecule has 0 aliphatic carbocycles. The number of benzene rings is 1. The summed E-state index contributed by atoms with van der Waals surface area (Å²) in [5.74, 6) is 0.539. The van der Waals surface area contributed by atoms with Gasteiger partial charge in [-0.25, -0.2) is 0 Å². The largest absolute Gasteiger partial charge is 0.494 e. The molecule has 2 N–H and O–H groups in total. The average Bonchev–Trinajstić information content (AvgIpc) is 3.01. The molecule has 5 nitrogen and oxygen atoms in total. The number of hydrogen-bond donors (Lipinski definition) is 2. The lowest BCUT2D eigenvalue weighted by molar-refractivity contribution is 0.0949. The maximum atomic E-state index is 12.0. The third kappa shape index (κ3) is 6.88. The van der Waals surface area contributed by atoms with E-state index in [1.165, 1.54) is 19.3 Å². The number of carbonyl (C=O) groups excluding carboxylic acids is 1. The Morgan fingerprint density at radius 3 is 2.80 bits per heavy atom. The summed E-state index contributed by atoms with van der Waals surface area (Å²) in [4.78, 5) is 12.0. The van der Waals surface area contributed by atoms with E-state index in [0.717, 1.165) is 17.9 Å². The van der Waals surface area contributed by atoms with Gasteiger partial charge in [-0.05, 0) is 58.8 Å². The van der Waals surface area contributed by atoms with Crippen LogP contribution in [0.5, 0.6) is 5.75 Å². The SMILES string of the molecule is CCCCCCOc1cccc(NC(=S)NC(=O)c2ccc(Br)o2)c1. The van der Waals surface area contributed by atoms with Crippen molar-refractivity contribution < 1.29 is 13.9 Å². The van der Waals surface area contributed by atoms with Gasteiger partial charge in [0.15, 0.2) is 15.5 Å². The van der Waals surface area contributed by atoms with E-state index in [2.05, 4.69) is 33.5 Å². The van der Waals surface area contributed by atoms with Crippen LogP contribution >= 0.6 is 28.1 Å². The fraction of sp³-hybridized carbons (Fsp3) is 0.333. The Labute approximate surface area is 161 Å². The summed E-state index contributed by atoms with van der Waals surface area (Å²) in [6, 6.07) is 10.7. The van der Waals surface area contributed by atoms with Crippen LogP contribution in [0.15, 0.2) is 45.5 Å². The van der Waals surface area contributed by atoms with Crippen LogP contribution in [0, 0.1) is 0 Å². The third-order valence-corrected chi connectivity index (χ3v) is 4.01. The monoisotopic (exact) mass is 424 g/mol. The minimum atomic E-state index is -0.411. The number of amides is 1. The third-order valence-electron chi connectivity index (χ3n) is 3.38. The lowest BCUT2D eigenvalue weighted by atomic mass is 10.2. The zero-order chi connectivity index (χ0) is 18.1. The highest BCUT2D eigenvalue weighted by molar-refractivity contribution is 9.10. The molecular formula is C18H21BrN2O3S. The molecule has 0 saturated heterocycles. The van der Waals surface area contributed by atoms with E-state index in [1.807, 2.05) is 24.3 Å². The van der Waals surface area contributed by atoms with Gasteiger partial charge in [0.1, 0.15) is 5.75 Å². The summed E-state index contributed by atoms with van der Waals surface area (Å²) < 4.78 is 11.4. The van der Waals surface area contributed by atoms with Gasteiger partial charge in [-0.1, -0.05) is 32.3 Å². The number of carbonyl (C=O) groups is 1. The molecule has 25 heavy (non-hydrogen) atoms. The quantitative estimate of drug-likeness (QED) is 0.454. The normalized spacial score (nSPS) is 10.3. The highest BCUT2D eigenvalue weighted by atomic mass is 79.9. The van der Waals surface area contributed by atoms with E-state index in [1.54, 1.807) is 12.1 Å². The van der Waals surface area contributed by atoms with Crippen molar-refractivity contribution in [2.75, 3.05) is 11.9 Å². The second kappa shape index (κ2) is 10.2. The van der Waals surface area contributed by atoms with Crippen LogP contribution in [0.25, 0.3) is 0 Å². The molecule has 7 heteroatoms. The molecule has 134 valence electrons. The molecule has 0 saturated carbocycles. The van der Waals surface area contributed by atoms with Gasteiger partial charge in [0, 0.05) is 11.8 Å². The van der Waals surface area contributed by atoms with Crippen molar-refractivity contribution in [2.45, 2.75) is 32.6 Å². The van der Waals surface area contributed by atoms with Gasteiger partial charge in [-0.15, -0.1) is 0 Å². The van der Waals surface area contributed by atoms with Gasteiger partial charge < -0.3 is 14.5 Å². The number of halogens is 1. The molecule has 0 aliphatic heterocycles. The lowest BCUT2D eigenvalue weighted by Gasteiger charge is -2.11. The van der Waals surface area contributed by atoms with Gasteiger partial charge in [-0.3, -0.25) is 10.1 Å². The zero-order valence-electron chi connectivity index (χ0n) is 14.0. The Morgan fingerprint density at radius 2 is 2.08 bits per heavy atom. The Hall–Kier alpha value is -1.86. The van der Waals surface area contributed by atoms with Crippen LogP contribution in [0.4, 0.5) is 5.69 Å². The fourth-order valence-electron chi connectivity index (χ4n) is 2.15. The molecule has 1 aromatic heterocycles. The highest BCUT2D eigenvalue weighted by Gasteiger charge is 2.12. The minimum absolute atomic E-state index is 0.181. The van der Waals surface area contributed by atoms with Crippen LogP contribution in [-0.4, -0.2) is 17.6 Å². The van der Waals surface area contributed by atoms with Crippen molar-refractivity contribution in [3.8, 4) is 5.75 Å². The van der Waals surface area contributed by atoms with Crippen molar-refractivity contribution in [3.63, 3.8) is 0 Å². The average molecular weight is 425 g/mol. The summed E-state index contributed by atoms with van der Waals surface area (Å²) in [6.07, 6.45) is 4.65. The number of nitrogens with one attached hydrogen (secondary N) is 2. The lowest BCUT2D eigenvalue weighted by Crippen LogP contribution is -2.33. The van der Waals surface area contributed by atoms with Crippen LogP contribution < -0.4 is 15.4 Å². The summed E-state index contributed by atoms with van der Waals surface area (Å²) in [6.45, 7) is 2.88. The van der Waals surface area contributed by atoms with Gasteiger partial charge >= 0.3 is 0 Å². The number of anilines is 1. The molecule has 0 radical (unpaired) electrons. The van der Waals surface area contributed by atoms with Gasteiger partial charge in [0.2, 0.25) is 0 Å². The number of thiocarbonyl (C=S) groups is 1. The maximum absolute atomic E-state index is 12.0.